The molecule has 0 amide bonds. The zero-order valence-corrected chi connectivity index (χ0v) is 19.6. The molecule has 9 heteroatoms. The van der Waals surface area contributed by atoms with Gasteiger partial charge in [0.15, 0.2) is 0 Å². The Bertz CT molecular complexity index is 1030. The van der Waals surface area contributed by atoms with Gasteiger partial charge in [-0.1, -0.05) is 32.0 Å². The number of benzene rings is 1. The van der Waals surface area contributed by atoms with Gasteiger partial charge in [-0.2, -0.15) is 17.0 Å². The average Bonchev–Trinajstić information content (AvgIpc) is 2.75. The monoisotopic (exact) mass is 448 g/mol. The third-order valence-electron chi connectivity index (χ3n) is 5.77. The molecule has 1 aromatic carbocycles. The summed E-state index contributed by atoms with van der Waals surface area (Å²) in [7, 11) is -3.43. The molecule has 1 saturated heterocycles. The van der Waals surface area contributed by atoms with E-state index in [-0.39, 0.29) is 5.97 Å². The van der Waals surface area contributed by atoms with Gasteiger partial charge in [-0.3, -0.25) is 9.88 Å². The molecule has 31 heavy (non-hydrogen) atoms. The van der Waals surface area contributed by atoms with Gasteiger partial charge in [0.25, 0.3) is 10.2 Å². The molecule has 170 valence electrons. The first-order valence-electron chi connectivity index (χ1n) is 10.9. The molecule has 0 bridgehead atoms. The number of rotatable bonds is 8. The van der Waals surface area contributed by atoms with Crippen molar-refractivity contribution in [2.75, 3.05) is 45.9 Å². The predicted molar refractivity (Wildman–Crippen MR) is 121 cm³/mol. The normalized spacial score (nSPS) is 16.2. The van der Waals surface area contributed by atoms with Crippen molar-refractivity contribution in [2.45, 2.75) is 34.2 Å². The molecule has 1 aromatic heterocycles. The molecule has 3 rings (SSSR count). The minimum atomic E-state index is -3.43. The van der Waals surface area contributed by atoms with Crippen LogP contribution in [0.15, 0.2) is 24.3 Å². The Morgan fingerprint density at radius 2 is 1.74 bits per heavy atom. The maximum absolute atomic E-state index is 12.8. The summed E-state index contributed by atoms with van der Waals surface area (Å²) in [5.41, 5.74) is 2.89. The summed E-state index contributed by atoms with van der Waals surface area (Å²) in [5.74, 6) is -0.365. The average molecular weight is 449 g/mol. The van der Waals surface area contributed by atoms with E-state index >= 15 is 0 Å². The van der Waals surface area contributed by atoms with E-state index in [0.717, 1.165) is 16.5 Å². The predicted octanol–water partition coefficient (Wildman–Crippen LogP) is 2.42. The van der Waals surface area contributed by atoms with Crippen molar-refractivity contribution in [2.24, 2.45) is 0 Å². The Kier molecular flexibility index (Phi) is 7.64. The van der Waals surface area contributed by atoms with Gasteiger partial charge in [-0.25, -0.2) is 4.79 Å². The van der Waals surface area contributed by atoms with Gasteiger partial charge < -0.3 is 4.74 Å². The van der Waals surface area contributed by atoms with E-state index in [9.17, 15) is 13.2 Å². The molecule has 0 unspecified atom stereocenters. The summed E-state index contributed by atoms with van der Waals surface area (Å²) in [6.45, 7) is 11.1. The molecule has 0 radical (unpaired) electrons. The molecular weight excluding hydrogens is 416 g/mol. The first-order valence-corrected chi connectivity index (χ1v) is 12.3. The van der Waals surface area contributed by atoms with Crippen LogP contribution >= 0.6 is 0 Å². The summed E-state index contributed by atoms with van der Waals surface area (Å²) in [4.78, 5) is 19.6. The number of para-hydroxylation sites is 1. The zero-order valence-electron chi connectivity index (χ0n) is 18.8. The maximum Gasteiger partial charge on any atom is 0.340 e. The number of aromatic nitrogens is 1. The van der Waals surface area contributed by atoms with Gasteiger partial charge >= 0.3 is 5.97 Å². The highest BCUT2D eigenvalue weighted by Crippen LogP contribution is 2.25. The number of pyridine rings is 1. The van der Waals surface area contributed by atoms with Gasteiger partial charge in [-0.15, -0.1) is 0 Å². The van der Waals surface area contributed by atoms with Gasteiger partial charge in [0, 0.05) is 51.2 Å². The fourth-order valence-corrected chi connectivity index (χ4v) is 5.68. The summed E-state index contributed by atoms with van der Waals surface area (Å²) in [5, 5.41) is 0.935. The number of hydrogen-bond acceptors (Lipinski definition) is 6. The molecule has 8 nitrogen and oxygen atoms in total. The van der Waals surface area contributed by atoms with E-state index in [4.69, 9.17) is 9.72 Å². The molecule has 1 aliphatic rings. The van der Waals surface area contributed by atoms with Gasteiger partial charge in [0.2, 0.25) is 0 Å². The van der Waals surface area contributed by atoms with Crippen LogP contribution in [0.25, 0.3) is 10.9 Å². The Morgan fingerprint density at radius 1 is 1.10 bits per heavy atom. The maximum atomic E-state index is 12.8. The number of fused-ring (bicyclic) bond motifs is 1. The van der Waals surface area contributed by atoms with E-state index < -0.39 is 10.2 Å². The Labute approximate surface area is 185 Å². The lowest BCUT2D eigenvalue weighted by molar-refractivity contribution is 0.0522. The largest absolute Gasteiger partial charge is 0.462 e. The van der Waals surface area contributed by atoms with Crippen molar-refractivity contribution in [1.29, 1.82) is 0 Å². The lowest BCUT2D eigenvalue weighted by Crippen LogP contribution is -2.52. The molecule has 0 spiro atoms. The van der Waals surface area contributed by atoms with Crippen molar-refractivity contribution < 1.29 is 17.9 Å². The van der Waals surface area contributed by atoms with E-state index in [0.29, 0.717) is 63.7 Å². The number of esters is 1. The third kappa shape index (κ3) is 4.90. The zero-order chi connectivity index (χ0) is 22.6. The minimum Gasteiger partial charge on any atom is -0.462 e. The summed E-state index contributed by atoms with van der Waals surface area (Å²) in [6.07, 6.45) is 0. The Morgan fingerprint density at radius 3 is 2.35 bits per heavy atom. The molecule has 1 fully saturated rings. The van der Waals surface area contributed by atoms with Crippen molar-refractivity contribution in [1.82, 2.24) is 18.5 Å². The Balaban J connectivity index is 1.83. The van der Waals surface area contributed by atoms with E-state index in [2.05, 4.69) is 4.90 Å². The molecule has 2 aromatic rings. The van der Waals surface area contributed by atoms with Gasteiger partial charge in [0.1, 0.15) is 0 Å². The number of hydrogen-bond donors (Lipinski definition) is 0. The molecule has 0 saturated carbocycles. The number of carbonyl (C=O) groups excluding carboxylic acids is 1. The molecule has 2 heterocycles. The van der Waals surface area contributed by atoms with Crippen LogP contribution in [0.3, 0.4) is 0 Å². The van der Waals surface area contributed by atoms with Crippen molar-refractivity contribution in [3.63, 3.8) is 0 Å². The molecule has 0 aliphatic carbocycles. The number of carbonyl (C=O) groups is 1. The summed E-state index contributed by atoms with van der Waals surface area (Å²) in [6, 6.07) is 7.76. The van der Waals surface area contributed by atoms with Crippen LogP contribution in [0.4, 0.5) is 0 Å². The molecular formula is C22H32N4O4S. The minimum absolute atomic E-state index is 0.298. The van der Waals surface area contributed by atoms with Crippen LogP contribution in [0.2, 0.25) is 0 Å². The van der Waals surface area contributed by atoms with Gasteiger partial charge in [0.05, 0.1) is 23.4 Å². The second kappa shape index (κ2) is 10.0. The van der Waals surface area contributed by atoms with Crippen LogP contribution in [-0.4, -0.2) is 78.8 Å². The SMILES string of the molecule is CCOC(=O)c1c(CN2CCN(S(=O)(=O)N(CC)CC)CC2)nc2ccccc2c1C. The molecule has 0 atom stereocenters. The number of piperazine rings is 1. The number of ether oxygens (including phenoxy) is 1. The lowest BCUT2D eigenvalue weighted by Gasteiger charge is -2.36. The van der Waals surface area contributed by atoms with Crippen molar-refractivity contribution in [3.8, 4) is 0 Å². The van der Waals surface area contributed by atoms with Crippen LogP contribution < -0.4 is 0 Å². The quantitative estimate of drug-likeness (QED) is 0.577. The summed E-state index contributed by atoms with van der Waals surface area (Å²) >= 11 is 0. The van der Waals surface area contributed by atoms with Crippen LogP contribution in [0.1, 0.15) is 42.4 Å². The van der Waals surface area contributed by atoms with Crippen LogP contribution in [0, 0.1) is 6.92 Å². The van der Waals surface area contributed by atoms with Crippen LogP contribution in [0.5, 0.6) is 0 Å². The highest BCUT2D eigenvalue weighted by Gasteiger charge is 2.31. The first kappa shape index (κ1) is 23.6. The highest BCUT2D eigenvalue weighted by molar-refractivity contribution is 7.86. The van der Waals surface area contributed by atoms with Crippen molar-refractivity contribution >= 4 is 27.1 Å². The van der Waals surface area contributed by atoms with E-state index in [1.54, 1.807) is 11.2 Å². The molecule has 0 N–H and O–H groups in total. The second-order valence-corrected chi connectivity index (χ2v) is 9.49. The first-order chi connectivity index (χ1) is 14.8. The highest BCUT2D eigenvalue weighted by atomic mass is 32.2. The summed E-state index contributed by atoms with van der Waals surface area (Å²) < 4.78 is 33.9. The van der Waals surface area contributed by atoms with Gasteiger partial charge in [-0.05, 0) is 25.5 Å². The van der Waals surface area contributed by atoms with E-state index in [1.807, 2.05) is 45.0 Å². The second-order valence-electron chi connectivity index (χ2n) is 7.56. The van der Waals surface area contributed by atoms with E-state index in [1.165, 1.54) is 4.31 Å². The number of nitrogens with zero attached hydrogens (tertiary/aromatic N) is 4. The molecule has 1 aliphatic heterocycles. The fourth-order valence-electron chi connectivity index (χ4n) is 4.07. The third-order valence-corrected chi connectivity index (χ3v) is 7.96. The van der Waals surface area contributed by atoms with Crippen LogP contribution in [-0.2, 0) is 21.5 Å². The fraction of sp³-hybridized carbons (Fsp3) is 0.545. The van der Waals surface area contributed by atoms with Crippen molar-refractivity contribution in [3.05, 3.63) is 41.1 Å². The smallest absolute Gasteiger partial charge is 0.340 e. The lowest BCUT2D eigenvalue weighted by atomic mass is 10.0. The Hall–Kier alpha value is -2.07. The standard InChI is InChI=1S/C22H32N4O4S/c1-5-25(6-2)31(28,29)26-14-12-24(13-15-26)16-20-21(22(27)30-7-3)17(4)18-10-8-9-11-19(18)23-20/h8-11H,5-7,12-16H2,1-4H3. The topological polar surface area (TPSA) is 83.0 Å². The number of aryl methyl sites for hydroxylation is 1.